The lowest BCUT2D eigenvalue weighted by Crippen LogP contribution is -2.20. The van der Waals surface area contributed by atoms with E-state index in [-0.39, 0.29) is 11.6 Å². The summed E-state index contributed by atoms with van der Waals surface area (Å²) in [6.45, 7) is 1.99. The molecule has 8 heteroatoms. The van der Waals surface area contributed by atoms with Crippen molar-refractivity contribution >= 4 is 50.5 Å². The molecule has 0 N–H and O–H groups in total. The highest BCUT2D eigenvalue weighted by molar-refractivity contribution is 9.09. The maximum atomic E-state index is 14.2. The van der Waals surface area contributed by atoms with Gasteiger partial charge in [-0.3, -0.25) is 4.99 Å². The van der Waals surface area contributed by atoms with Crippen molar-refractivity contribution in [2.75, 3.05) is 11.9 Å². The van der Waals surface area contributed by atoms with Crippen molar-refractivity contribution < 1.29 is 13.9 Å². The summed E-state index contributed by atoms with van der Waals surface area (Å²) in [6, 6.07) is 3.81. The van der Waals surface area contributed by atoms with Crippen LogP contribution in [0.2, 0.25) is 5.02 Å². The molecule has 0 bridgehead atoms. The Morgan fingerprint density at radius 1 is 1.43 bits per heavy atom. The molecule has 0 aliphatic carbocycles. The smallest absolute Gasteiger partial charge is 0.336 e. The Kier molecular flexibility index (Phi) is 7.37. The minimum atomic E-state index is -0.756. The number of hydrogen-bond acceptors (Lipinski definition) is 5. The first-order valence-electron chi connectivity index (χ1n) is 8.92. The zero-order valence-corrected chi connectivity index (χ0v) is 18.4. The number of allylic oxidation sites excluding steroid dienone is 1. The van der Waals surface area contributed by atoms with Gasteiger partial charge in [0.25, 0.3) is 0 Å². The van der Waals surface area contributed by atoms with E-state index in [2.05, 4.69) is 20.9 Å². The van der Waals surface area contributed by atoms with E-state index in [1.165, 1.54) is 17.4 Å². The summed E-state index contributed by atoms with van der Waals surface area (Å²) >= 11 is 11.3. The van der Waals surface area contributed by atoms with Gasteiger partial charge in [-0.25, -0.2) is 14.2 Å². The zero-order chi connectivity index (χ0) is 20.1. The largest absolute Gasteiger partial charge is 0.463 e. The Bertz CT molecular complexity index is 915. The number of rotatable bonds is 5. The number of hydrogen-bond donors (Lipinski definition) is 0. The van der Waals surface area contributed by atoms with Crippen LogP contribution in [-0.4, -0.2) is 28.6 Å². The van der Waals surface area contributed by atoms with Crippen molar-refractivity contribution in [1.29, 1.82) is 0 Å². The van der Waals surface area contributed by atoms with Gasteiger partial charge < -0.3 is 4.74 Å². The zero-order valence-electron chi connectivity index (χ0n) is 15.3. The molecule has 1 aromatic heterocycles. The maximum absolute atomic E-state index is 14.2. The topological polar surface area (TPSA) is 51.5 Å². The second kappa shape index (κ2) is 9.76. The lowest BCUT2D eigenvalue weighted by Gasteiger charge is -2.24. The van der Waals surface area contributed by atoms with Gasteiger partial charge >= 0.3 is 5.97 Å². The molecule has 28 heavy (non-hydrogen) atoms. The molecule has 0 saturated carbocycles. The minimum absolute atomic E-state index is 0.0361. The van der Waals surface area contributed by atoms with Gasteiger partial charge in [-0.15, -0.1) is 11.3 Å². The van der Waals surface area contributed by atoms with E-state index in [1.807, 2.05) is 5.38 Å². The Morgan fingerprint density at radius 3 is 2.93 bits per heavy atom. The molecule has 0 unspecified atom stereocenters. The first-order chi connectivity index (χ1) is 13.6. The van der Waals surface area contributed by atoms with Crippen LogP contribution in [0, 0.1) is 5.82 Å². The molecular formula is C20H19BrClFN2O2S. The fourth-order valence-electron chi connectivity index (χ4n) is 3.17. The molecule has 1 aliphatic rings. The predicted octanol–water partition coefficient (Wildman–Crippen LogP) is 5.90. The number of nitrogens with zero attached hydrogens (tertiary/aromatic N) is 2. The molecule has 148 valence electrons. The molecule has 0 amide bonds. The van der Waals surface area contributed by atoms with Gasteiger partial charge in [0.2, 0.25) is 0 Å². The fraction of sp³-hybridized carbons (Fsp3) is 0.350. The average molecular weight is 486 g/mol. The van der Waals surface area contributed by atoms with Crippen LogP contribution in [0.4, 0.5) is 4.39 Å². The lowest BCUT2D eigenvalue weighted by atomic mass is 9.90. The summed E-state index contributed by atoms with van der Waals surface area (Å²) in [6.07, 6.45) is 3.96. The van der Waals surface area contributed by atoms with Gasteiger partial charge in [0.15, 0.2) is 0 Å². The van der Waals surface area contributed by atoms with Gasteiger partial charge in [0.1, 0.15) is 16.9 Å². The van der Waals surface area contributed by atoms with E-state index >= 15 is 0 Å². The van der Waals surface area contributed by atoms with Crippen molar-refractivity contribution in [2.24, 2.45) is 4.99 Å². The maximum Gasteiger partial charge on any atom is 0.336 e. The molecule has 0 spiro atoms. The number of carbonyl (C=O) groups excluding carboxylic acids is 1. The molecule has 2 aromatic rings. The highest BCUT2D eigenvalue weighted by Gasteiger charge is 2.31. The van der Waals surface area contributed by atoms with E-state index in [0.29, 0.717) is 29.3 Å². The van der Waals surface area contributed by atoms with Crippen molar-refractivity contribution in [3.63, 3.8) is 0 Å². The molecule has 0 radical (unpaired) electrons. The molecule has 0 fully saturated rings. The van der Waals surface area contributed by atoms with Gasteiger partial charge in [-0.2, -0.15) is 0 Å². The number of carbonyl (C=O) groups is 1. The summed E-state index contributed by atoms with van der Waals surface area (Å²) in [5.74, 6) is -0.998. The minimum Gasteiger partial charge on any atom is -0.463 e. The number of thiazole rings is 1. The van der Waals surface area contributed by atoms with Crippen molar-refractivity contribution in [3.8, 4) is 0 Å². The molecule has 1 aliphatic heterocycles. The Balaban J connectivity index is 2.24. The van der Waals surface area contributed by atoms with Crippen LogP contribution in [0.15, 0.2) is 45.9 Å². The van der Waals surface area contributed by atoms with Gasteiger partial charge in [0.05, 0.1) is 22.9 Å². The predicted molar refractivity (Wildman–Crippen MR) is 114 cm³/mol. The number of alkyl halides is 1. The Hall–Kier alpha value is -1.57. The Morgan fingerprint density at radius 2 is 2.25 bits per heavy atom. The first kappa shape index (κ1) is 21.1. The molecule has 4 nitrogen and oxygen atoms in total. The highest BCUT2D eigenvalue weighted by atomic mass is 79.9. The quantitative estimate of drug-likeness (QED) is 0.391. The summed E-state index contributed by atoms with van der Waals surface area (Å²) in [5.41, 5.74) is 2.54. The van der Waals surface area contributed by atoms with Crippen LogP contribution in [0.1, 0.15) is 42.8 Å². The van der Waals surface area contributed by atoms with Gasteiger partial charge in [-0.1, -0.05) is 39.7 Å². The van der Waals surface area contributed by atoms with Crippen LogP contribution in [-0.2, 0) is 9.53 Å². The molecular weight excluding hydrogens is 467 g/mol. The Labute approximate surface area is 180 Å². The number of halogens is 3. The second-order valence-electron chi connectivity index (χ2n) is 6.18. The van der Waals surface area contributed by atoms with Crippen molar-refractivity contribution in [1.82, 2.24) is 4.98 Å². The SMILES string of the molecule is CCOC(=O)/C1=C(\CBr)CCCC(c2nccs2)=N[C@H]1c1cccc(F)c1Cl. The molecule has 0 saturated heterocycles. The summed E-state index contributed by atoms with van der Waals surface area (Å²) < 4.78 is 19.5. The second-order valence-corrected chi connectivity index (χ2v) is 8.02. The van der Waals surface area contributed by atoms with E-state index in [1.54, 1.807) is 25.3 Å². The average Bonchev–Trinajstić information content (AvgIpc) is 3.19. The molecule has 2 heterocycles. The number of esters is 1. The third-order valence-electron chi connectivity index (χ3n) is 4.44. The summed E-state index contributed by atoms with van der Waals surface area (Å²) in [4.78, 5) is 22.1. The molecule has 1 aromatic carbocycles. The number of ether oxygens (including phenoxy) is 1. The number of aliphatic imine (C=N–C) groups is 1. The van der Waals surface area contributed by atoms with E-state index < -0.39 is 17.8 Å². The highest BCUT2D eigenvalue weighted by Crippen LogP contribution is 2.38. The first-order valence-corrected chi connectivity index (χ1v) is 11.3. The van der Waals surface area contributed by atoms with Gasteiger partial charge in [-0.05, 0) is 37.8 Å². The fourth-order valence-corrected chi connectivity index (χ4v) is 4.65. The van der Waals surface area contributed by atoms with Gasteiger partial charge in [0, 0.05) is 22.5 Å². The van der Waals surface area contributed by atoms with Crippen molar-refractivity contribution in [2.45, 2.75) is 32.2 Å². The monoisotopic (exact) mass is 484 g/mol. The number of benzene rings is 1. The van der Waals surface area contributed by atoms with Crippen LogP contribution in [0.5, 0.6) is 0 Å². The van der Waals surface area contributed by atoms with Crippen molar-refractivity contribution in [3.05, 3.63) is 62.3 Å². The third-order valence-corrected chi connectivity index (χ3v) is 6.34. The van der Waals surface area contributed by atoms with Crippen LogP contribution >= 0.6 is 38.9 Å². The number of aromatic nitrogens is 1. The van der Waals surface area contributed by atoms with Crippen LogP contribution in [0.3, 0.4) is 0 Å². The standard InChI is InChI=1S/C20H19BrClFN2O2S/c1-2-27-20(26)16-12(11-21)5-3-8-15(19-24-9-10-28-19)25-18(16)13-6-4-7-14(23)17(13)22/h4,6-7,9-10,18H,2-3,5,8,11H2,1H3/b16-12-,25-15?/t18-/m0/s1. The van der Waals surface area contributed by atoms with E-state index in [4.69, 9.17) is 21.3 Å². The van der Waals surface area contributed by atoms with Crippen LogP contribution in [0.25, 0.3) is 0 Å². The molecule has 3 rings (SSSR count). The third kappa shape index (κ3) is 4.53. The van der Waals surface area contributed by atoms with Crippen LogP contribution < -0.4 is 0 Å². The lowest BCUT2D eigenvalue weighted by molar-refractivity contribution is -0.138. The summed E-state index contributed by atoms with van der Waals surface area (Å²) in [7, 11) is 0. The summed E-state index contributed by atoms with van der Waals surface area (Å²) in [5, 5.41) is 3.15. The van der Waals surface area contributed by atoms with E-state index in [9.17, 15) is 9.18 Å². The molecule has 1 atom stereocenters. The normalized spacial score (nSPS) is 20.3. The van der Waals surface area contributed by atoms with E-state index in [0.717, 1.165) is 22.7 Å².